The maximum Gasteiger partial charge on any atom is 0.329 e. The Labute approximate surface area is 208 Å². The Hall–Kier alpha value is -3.79. The topological polar surface area (TPSA) is 128 Å². The van der Waals surface area contributed by atoms with Gasteiger partial charge in [0.1, 0.15) is 11.9 Å². The lowest BCUT2D eigenvalue weighted by molar-refractivity contribution is -0.150. The van der Waals surface area contributed by atoms with Crippen LogP contribution in [-0.2, 0) is 14.3 Å². The van der Waals surface area contributed by atoms with Crippen molar-refractivity contribution < 1.29 is 19.1 Å². The largest absolute Gasteiger partial charge is 0.454 e. The summed E-state index contributed by atoms with van der Waals surface area (Å²) in [5, 5.41) is 9.90. The molecule has 11 heteroatoms. The van der Waals surface area contributed by atoms with Crippen molar-refractivity contribution in [2.75, 3.05) is 11.9 Å². The van der Waals surface area contributed by atoms with Gasteiger partial charge in [0.15, 0.2) is 6.61 Å². The number of amides is 2. The Bertz CT molecular complexity index is 1240. The summed E-state index contributed by atoms with van der Waals surface area (Å²) in [6.07, 6.45) is 0. The predicted octanol–water partition coefficient (Wildman–Crippen LogP) is 3.18. The Morgan fingerprint density at radius 1 is 1.03 bits per heavy atom. The normalized spacial score (nSPS) is 11.7. The van der Waals surface area contributed by atoms with Crippen LogP contribution in [0.5, 0.6) is 0 Å². The van der Waals surface area contributed by atoms with Gasteiger partial charge in [0.05, 0.1) is 16.3 Å². The van der Waals surface area contributed by atoms with Crippen molar-refractivity contribution in [1.29, 1.82) is 0 Å². The molecule has 3 rings (SSSR count). The van der Waals surface area contributed by atoms with Crippen LogP contribution in [0.1, 0.15) is 41.3 Å². The SMILES string of the molecule is Cc1cc(C)nc(-n2nc(C)cc2NC(=O)COC(=O)C(NC(=O)c2ccccc2Cl)C(C)C)n1. The van der Waals surface area contributed by atoms with Crippen molar-refractivity contribution >= 4 is 35.2 Å². The van der Waals surface area contributed by atoms with Crippen LogP contribution in [0.2, 0.25) is 5.02 Å². The number of carbonyl (C=O) groups excluding carboxylic acids is 3. The molecular formula is C24H27ClN6O4. The van der Waals surface area contributed by atoms with E-state index < -0.39 is 30.4 Å². The lowest BCUT2D eigenvalue weighted by Crippen LogP contribution is -2.46. The van der Waals surface area contributed by atoms with E-state index in [0.29, 0.717) is 17.5 Å². The van der Waals surface area contributed by atoms with Gasteiger partial charge in [-0.15, -0.1) is 0 Å². The van der Waals surface area contributed by atoms with Gasteiger partial charge in [-0.3, -0.25) is 9.59 Å². The van der Waals surface area contributed by atoms with Crippen LogP contribution in [0.25, 0.3) is 5.95 Å². The number of hydrogen-bond donors (Lipinski definition) is 2. The van der Waals surface area contributed by atoms with Gasteiger partial charge >= 0.3 is 5.97 Å². The number of esters is 1. The van der Waals surface area contributed by atoms with Gasteiger partial charge in [-0.1, -0.05) is 37.6 Å². The molecule has 0 saturated heterocycles. The standard InChI is InChI=1S/C24H27ClN6O4/c1-13(2)21(29-22(33)17-8-6-7-9-18(17)25)23(34)35-12-20(32)28-19-11-16(5)30-31(19)24-26-14(3)10-15(4)27-24/h6-11,13,21H,12H2,1-5H3,(H,28,32)(H,29,33). The number of aromatic nitrogens is 4. The molecule has 35 heavy (non-hydrogen) atoms. The highest BCUT2D eigenvalue weighted by Gasteiger charge is 2.27. The minimum atomic E-state index is -0.969. The Morgan fingerprint density at radius 2 is 1.69 bits per heavy atom. The zero-order chi connectivity index (χ0) is 25.7. The molecule has 1 atom stereocenters. The molecule has 2 amide bonds. The van der Waals surface area contributed by atoms with Crippen LogP contribution in [-0.4, -0.2) is 50.2 Å². The zero-order valence-electron chi connectivity index (χ0n) is 20.1. The summed E-state index contributed by atoms with van der Waals surface area (Å²) < 4.78 is 6.61. The zero-order valence-corrected chi connectivity index (χ0v) is 20.9. The van der Waals surface area contributed by atoms with Crippen LogP contribution >= 0.6 is 11.6 Å². The van der Waals surface area contributed by atoms with Gasteiger partial charge in [0.2, 0.25) is 0 Å². The second kappa shape index (κ2) is 11.1. The number of carbonyl (C=O) groups is 3. The average molecular weight is 499 g/mol. The summed E-state index contributed by atoms with van der Waals surface area (Å²) in [6.45, 7) is 8.39. The number of aryl methyl sites for hydroxylation is 3. The molecule has 0 aliphatic heterocycles. The molecule has 0 spiro atoms. The molecule has 10 nitrogen and oxygen atoms in total. The van der Waals surface area contributed by atoms with Gasteiger partial charge in [0, 0.05) is 17.5 Å². The summed E-state index contributed by atoms with van der Waals surface area (Å²) in [5.41, 5.74) is 2.39. The maximum absolute atomic E-state index is 12.7. The highest BCUT2D eigenvalue weighted by Crippen LogP contribution is 2.17. The molecule has 0 aliphatic rings. The Kier molecular flexibility index (Phi) is 8.18. The Morgan fingerprint density at radius 3 is 2.31 bits per heavy atom. The molecule has 3 aromatic rings. The first-order chi connectivity index (χ1) is 16.5. The molecule has 0 saturated carbocycles. The van der Waals surface area contributed by atoms with Gasteiger partial charge in [0.25, 0.3) is 17.8 Å². The van der Waals surface area contributed by atoms with Gasteiger partial charge in [-0.25, -0.2) is 14.8 Å². The quantitative estimate of drug-likeness (QED) is 0.456. The van der Waals surface area contributed by atoms with Crippen LogP contribution in [0.4, 0.5) is 5.82 Å². The monoisotopic (exact) mass is 498 g/mol. The fraction of sp³-hybridized carbons (Fsp3) is 0.333. The number of rotatable bonds is 8. The van der Waals surface area contributed by atoms with Crippen LogP contribution in [0.3, 0.4) is 0 Å². The van der Waals surface area contributed by atoms with Crippen LogP contribution < -0.4 is 10.6 Å². The van der Waals surface area contributed by atoms with Crippen molar-refractivity contribution in [3.8, 4) is 5.95 Å². The Balaban J connectivity index is 1.65. The molecule has 1 aromatic carbocycles. The highest BCUT2D eigenvalue weighted by atomic mass is 35.5. The first kappa shape index (κ1) is 25.8. The molecule has 0 bridgehead atoms. The van der Waals surface area contributed by atoms with Crippen molar-refractivity contribution in [3.05, 3.63) is 64.1 Å². The van der Waals surface area contributed by atoms with Crippen molar-refractivity contribution in [2.24, 2.45) is 5.92 Å². The van der Waals surface area contributed by atoms with Gasteiger partial charge in [-0.2, -0.15) is 9.78 Å². The molecule has 184 valence electrons. The number of halogens is 1. The van der Waals surface area contributed by atoms with Crippen LogP contribution in [0.15, 0.2) is 36.4 Å². The molecule has 2 aromatic heterocycles. The summed E-state index contributed by atoms with van der Waals surface area (Å²) in [4.78, 5) is 46.5. The molecule has 0 aliphatic carbocycles. The van der Waals surface area contributed by atoms with E-state index >= 15 is 0 Å². The third-order valence-corrected chi connectivity index (χ3v) is 5.26. The molecule has 1 unspecified atom stereocenters. The fourth-order valence-corrected chi connectivity index (χ4v) is 3.53. The molecule has 2 N–H and O–H groups in total. The molecule has 2 heterocycles. The summed E-state index contributed by atoms with van der Waals surface area (Å²) >= 11 is 6.07. The summed E-state index contributed by atoms with van der Waals surface area (Å²) in [7, 11) is 0. The number of anilines is 1. The van der Waals surface area contributed by atoms with E-state index in [0.717, 1.165) is 11.4 Å². The number of hydrogen-bond acceptors (Lipinski definition) is 7. The summed E-state index contributed by atoms with van der Waals surface area (Å²) in [6, 6.07) is 9.02. The van der Waals surface area contributed by atoms with Crippen LogP contribution in [0, 0.1) is 26.7 Å². The minimum absolute atomic E-state index is 0.239. The number of ether oxygens (including phenoxy) is 1. The third kappa shape index (κ3) is 6.63. The lowest BCUT2D eigenvalue weighted by atomic mass is 10.0. The van der Waals surface area contributed by atoms with Gasteiger partial charge in [-0.05, 0) is 44.9 Å². The summed E-state index contributed by atoms with van der Waals surface area (Å²) in [5.74, 6) is -1.47. The minimum Gasteiger partial charge on any atom is -0.454 e. The van der Waals surface area contributed by atoms with Crippen molar-refractivity contribution in [3.63, 3.8) is 0 Å². The second-order valence-corrected chi connectivity index (χ2v) is 8.77. The van der Waals surface area contributed by atoms with E-state index in [1.807, 2.05) is 19.9 Å². The molecular weight excluding hydrogens is 472 g/mol. The van der Waals surface area contributed by atoms with E-state index in [1.54, 1.807) is 51.1 Å². The average Bonchev–Trinajstić information content (AvgIpc) is 3.15. The smallest absolute Gasteiger partial charge is 0.329 e. The first-order valence-corrected chi connectivity index (χ1v) is 11.3. The maximum atomic E-state index is 12.7. The van der Waals surface area contributed by atoms with E-state index in [4.69, 9.17) is 16.3 Å². The second-order valence-electron chi connectivity index (χ2n) is 8.36. The van der Waals surface area contributed by atoms with E-state index in [-0.39, 0.29) is 16.5 Å². The predicted molar refractivity (Wildman–Crippen MR) is 130 cm³/mol. The first-order valence-electron chi connectivity index (χ1n) is 11.0. The molecule has 0 radical (unpaired) electrons. The number of benzene rings is 1. The van der Waals surface area contributed by atoms with Gasteiger partial charge < -0.3 is 15.4 Å². The van der Waals surface area contributed by atoms with Crippen molar-refractivity contribution in [1.82, 2.24) is 25.1 Å². The van der Waals surface area contributed by atoms with E-state index in [9.17, 15) is 14.4 Å². The number of nitrogens with zero attached hydrogens (tertiary/aromatic N) is 4. The fourth-order valence-electron chi connectivity index (χ4n) is 3.31. The lowest BCUT2D eigenvalue weighted by Gasteiger charge is -2.21. The third-order valence-electron chi connectivity index (χ3n) is 4.93. The number of nitrogens with one attached hydrogen (secondary N) is 2. The highest BCUT2D eigenvalue weighted by molar-refractivity contribution is 6.33. The molecule has 0 fully saturated rings. The van der Waals surface area contributed by atoms with E-state index in [2.05, 4.69) is 25.7 Å². The van der Waals surface area contributed by atoms with E-state index in [1.165, 1.54) is 4.68 Å². The van der Waals surface area contributed by atoms with Crippen molar-refractivity contribution in [2.45, 2.75) is 40.7 Å².